The van der Waals surface area contributed by atoms with Gasteiger partial charge in [-0.05, 0) is 19.1 Å². The largest absolute Gasteiger partial charge is 0.494 e. The number of ether oxygens (including phenoxy) is 1. The van der Waals surface area contributed by atoms with Crippen molar-refractivity contribution >= 4 is 22.5 Å². The van der Waals surface area contributed by atoms with Gasteiger partial charge in [-0.15, -0.1) is 5.10 Å². The maximum atomic E-state index is 6.15. The number of aryl methyl sites for hydroxylation is 1. The van der Waals surface area contributed by atoms with E-state index in [1.54, 1.807) is 11.6 Å². The van der Waals surface area contributed by atoms with Crippen molar-refractivity contribution in [3.05, 3.63) is 41.4 Å². The second-order valence-corrected chi connectivity index (χ2v) is 7.47. The Kier molecular flexibility index (Phi) is 4.13. The summed E-state index contributed by atoms with van der Waals surface area (Å²) < 4.78 is 12.8. The zero-order valence-corrected chi connectivity index (χ0v) is 16.7. The summed E-state index contributed by atoms with van der Waals surface area (Å²) in [6, 6.07) is 5.99. The zero-order chi connectivity index (χ0) is 20.1. The minimum Gasteiger partial charge on any atom is -0.494 e. The molecule has 0 saturated heterocycles. The third kappa shape index (κ3) is 2.98. The van der Waals surface area contributed by atoms with Gasteiger partial charge in [-0.3, -0.25) is 4.90 Å². The van der Waals surface area contributed by atoms with Gasteiger partial charge in [0.05, 0.1) is 19.3 Å². The molecule has 0 spiro atoms. The summed E-state index contributed by atoms with van der Waals surface area (Å²) in [7, 11) is 1.62. The summed E-state index contributed by atoms with van der Waals surface area (Å²) in [6.07, 6.45) is 1.60. The van der Waals surface area contributed by atoms with Crippen LogP contribution < -0.4 is 10.5 Å². The molecular weight excluding hydrogens is 370 g/mol. The molecule has 0 radical (unpaired) electrons. The van der Waals surface area contributed by atoms with Crippen LogP contribution in [-0.2, 0) is 19.4 Å². The van der Waals surface area contributed by atoms with Gasteiger partial charge >= 0.3 is 0 Å². The van der Waals surface area contributed by atoms with Crippen LogP contribution in [-0.4, -0.2) is 49.2 Å². The SMILES string of the molecule is COc1cccc2c1nc(N)n1nc(CC(C)N3CCc4nc(C)oc4C3)nc21. The molecule has 0 bridgehead atoms. The summed E-state index contributed by atoms with van der Waals surface area (Å²) in [4.78, 5) is 16.1. The van der Waals surface area contributed by atoms with E-state index in [4.69, 9.17) is 19.9 Å². The number of benzene rings is 1. The van der Waals surface area contributed by atoms with E-state index in [0.29, 0.717) is 29.3 Å². The summed E-state index contributed by atoms with van der Waals surface area (Å²) in [5, 5.41) is 5.48. The smallest absolute Gasteiger partial charge is 0.223 e. The molecule has 29 heavy (non-hydrogen) atoms. The molecule has 1 unspecified atom stereocenters. The first-order chi connectivity index (χ1) is 14.0. The van der Waals surface area contributed by atoms with Gasteiger partial charge in [-0.2, -0.15) is 4.52 Å². The molecule has 1 aliphatic heterocycles. The van der Waals surface area contributed by atoms with Gasteiger partial charge in [0.1, 0.15) is 17.0 Å². The lowest BCUT2D eigenvalue weighted by atomic mass is 10.1. The Bertz CT molecular complexity index is 1210. The standard InChI is InChI=1S/C20H23N7O2/c1-11(26-8-7-14-16(10-26)29-12(2)22-14)9-17-23-19-13-5-4-6-15(28-3)18(13)24-20(21)27(19)25-17/h4-6,11H,7-10H2,1-3H3,(H2,21,24). The van der Waals surface area contributed by atoms with Crippen LogP contribution in [0, 0.1) is 6.92 Å². The molecule has 0 aliphatic carbocycles. The lowest BCUT2D eigenvalue weighted by Gasteiger charge is -2.30. The fraction of sp³-hybridized carbons (Fsp3) is 0.400. The maximum Gasteiger partial charge on any atom is 0.223 e. The summed E-state index contributed by atoms with van der Waals surface area (Å²) >= 11 is 0. The molecule has 9 nitrogen and oxygen atoms in total. The molecule has 4 heterocycles. The van der Waals surface area contributed by atoms with Crippen LogP contribution in [0.3, 0.4) is 0 Å². The molecule has 0 fully saturated rings. The predicted octanol–water partition coefficient (Wildman–Crippen LogP) is 2.15. The number of oxazole rings is 1. The van der Waals surface area contributed by atoms with Crippen molar-refractivity contribution in [2.45, 2.75) is 39.3 Å². The van der Waals surface area contributed by atoms with Gasteiger partial charge in [-0.1, -0.05) is 6.07 Å². The Labute approximate surface area is 167 Å². The van der Waals surface area contributed by atoms with E-state index in [1.165, 1.54) is 0 Å². The van der Waals surface area contributed by atoms with Crippen LogP contribution in [0.1, 0.15) is 30.1 Å². The van der Waals surface area contributed by atoms with Crippen LogP contribution in [0.5, 0.6) is 5.75 Å². The summed E-state index contributed by atoms with van der Waals surface area (Å²) in [5.41, 5.74) is 8.62. The van der Waals surface area contributed by atoms with Crippen LogP contribution in [0.2, 0.25) is 0 Å². The van der Waals surface area contributed by atoms with Crippen molar-refractivity contribution in [3.8, 4) is 5.75 Å². The predicted molar refractivity (Wildman–Crippen MR) is 108 cm³/mol. The average Bonchev–Trinajstić information content (AvgIpc) is 3.30. The van der Waals surface area contributed by atoms with Gasteiger partial charge in [-0.25, -0.2) is 15.0 Å². The minimum absolute atomic E-state index is 0.251. The van der Waals surface area contributed by atoms with Crippen LogP contribution in [0.25, 0.3) is 16.6 Å². The number of nitrogens with two attached hydrogens (primary N) is 1. The number of aromatic nitrogens is 5. The number of para-hydroxylation sites is 1. The minimum atomic E-state index is 0.251. The topological polar surface area (TPSA) is 108 Å². The van der Waals surface area contributed by atoms with E-state index in [-0.39, 0.29) is 6.04 Å². The normalized spacial score (nSPS) is 15.7. The third-order valence-electron chi connectivity index (χ3n) is 5.52. The van der Waals surface area contributed by atoms with Gasteiger partial charge < -0.3 is 14.9 Å². The van der Waals surface area contributed by atoms with Crippen molar-refractivity contribution in [1.82, 2.24) is 29.5 Å². The highest BCUT2D eigenvalue weighted by Gasteiger charge is 2.26. The monoisotopic (exact) mass is 393 g/mol. The Morgan fingerprint density at radius 3 is 2.97 bits per heavy atom. The van der Waals surface area contributed by atoms with Gasteiger partial charge in [0, 0.05) is 37.7 Å². The Balaban J connectivity index is 1.45. The second-order valence-electron chi connectivity index (χ2n) is 7.47. The van der Waals surface area contributed by atoms with Crippen molar-refractivity contribution in [2.24, 2.45) is 0 Å². The number of hydrogen-bond acceptors (Lipinski definition) is 8. The number of anilines is 1. The number of nitrogen functional groups attached to an aromatic ring is 1. The molecule has 0 amide bonds. The number of hydrogen-bond donors (Lipinski definition) is 1. The molecule has 3 aromatic heterocycles. The number of fused-ring (bicyclic) bond motifs is 4. The Hall–Kier alpha value is -3.20. The number of nitrogens with zero attached hydrogens (tertiary/aromatic N) is 6. The molecule has 2 N–H and O–H groups in total. The lowest BCUT2D eigenvalue weighted by molar-refractivity contribution is 0.170. The van der Waals surface area contributed by atoms with Gasteiger partial charge in [0.2, 0.25) is 5.95 Å². The first-order valence-electron chi connectivity index (χ1n) is 9.70. The fourth-order valence-electron chi connectivity index (χ4n) is 4.03. The van der Waals surface area contributed by atoms with Crippen molar-refractivity contribution in [3.63, 3.8) is 0 Å². The first kappa shape index (κ1) is 17.9. The van der Waals surface area contributed by atoms with E-state index in [9.17, 15) is 0 Å². The summed E-state index contributed by atoms with van der Waals surface area (Å²) in [6.45, 7) is 5.78. The number of rotatable bonds is 4. The molecule has 1 atom stereocenters. The molecule has 4 aromatic rings. The van der Waals surface area contributed by atoms with Crippen molar-refractivity contribution < 1.29 is 9.15 Å². The quantitative estimate of drug-likeness (QED) is 0.562. The van der Waals surface area contributed by atoms with Crippen LogP contribution in [0.15, 0.2) is 22.6 Å². The highest BCUT2D eigenvalue weighted by atomic mass is 16.5. The van der Waals surface area contributed by atoms with E-state index in [2.05, 4.69) is 26.9 Å². The van der Waals surface area contributed by atoms with Crippen molar-refractivity contribution in [1.29, 1.82) is 0 Å². The first-order valence-corrected chi connectivity index (χ1v) is 9.70. The Morgan fingerprint density at radius 2 is 2.14 bits per heavy atom. The van der Waals surface area contributed by atoms with Crippen LogP contribution in [0.4, 0.5) is 5.95 Å². The van der Waals surface area contributed by atoms with Crippen molar-refractivity contribution in [2.75, 3.05) is 19.4 Å². The highest BCUT2D eigenvalue weighted by molar-refractivity contribution is 5.95. The maximum absolute atomic E-state index is 6.15. The molecule has 1 aliphatic rings. The van der Waals surface area contributed by atoms with E-state index < -0.39 is 0 Å². The molecule has 150 valence electrons. The molecule has 1 aromatic carbocycles. The van der Waals surface area contributed by atoms with Gasteiger partial charge in [0.15, 0.2) is 17.4 Å². The second kappa shape index (κ2) is 6.70. The average molecular weight is 393 g/mol. The lowest BCUT2D eigenvalue weighted by Crippen LogP contribution is -2.38. The fourth-order valence-corrected chi connectivity index (χ4v) is 4.03. The van der Waals surface area contributed by atoms with E-state index in [1.807, 2.05) is 25.1 Å². The van der Waals surface area contributed by atoms with Gasteiger partial charge in [0.25, 0.3) is 0 Å². The molecular formula is C20H23N7O2. The molecule has 9 heteroatoms. The summed E-state index contributed by atoms with van der Waals surface area (Å²) in [5.74, 6) is 3.40. The van der Waals surface area contributed by atoms with E-state index >= 15 is 0 Å². The highest BCUT2D eigenvalue weighted by Crippen LogP contribution is 2.28. The van der Waals surface area contributed by atoms with Crippen LogP contribution >= 0.6 is 0 Å². The zero-order valence-electron chi connectivity index (χ0n) is 16.7. The third-order valence-corrected chi connectivity index (χ3v) is 5.52. The molecule has 0 saturated carbocycles. The molecule has 5 rings (SSSR count). The Morgan fingerprint density at radius 1 is 1.28 bits per heavy atom. The van der Waals surface area contributed by atoms with E-state index in [0.717, 1.165) is 48.1 Å². The number of methoxy groups -OCH3 is 1.